The molecule has 0 radical (unpaired) electrons. The van der Waals surface area contributed by atoms with Crippen molar-refractivity contribution in [1.29, 1.82) is 0 Å². The van der Waals surface area contributed by atoms with Crippen LogP contribution in [0.25, 0.3) is 87.6 Å². The summed E-state index contributed by atoms with van der Waals surface area (Å²) in [7, 11) is 0. The maximum atomic E-state index is 2.31. The normalized spacial score (nSPS) is 11.5. The third-order valence-corrected chi connectivity index (χ3v) is 9.39. The van der Waals surface area contributed by atoms with Gasteiger partial charge in [-0.25, -0.2) is 0 Å². The Hall–Kier alpha value is -5.98. The van der Waals surface area contributed by atoms with Crippen LogP contribution in [0, 0.1) is 0 Å². The summed E-state index contributed by atoms with van der Waals surface area (Å²) >= 11 is 0. The molecule has 0 fully saturated rings. The molecule has 46 heavy (non-hydrogen) atoms. The predicted octanol–water partition coefficient (Wildman–Crippen LogP) is 13.0. The topological polar surface area (TPSA) is 0 Å². The van der Waals surface area contributed by atoms with Crippen LogP contribution in [0.3, 0.4) is 0 Å². The van der Waals surface area contributed by atoms with E-state index in [0.717, 1.165) is 0 Å². The summed E-state index contributed by atoms with van der Waals surface area (Å²) in [5, 5.41) is 10.4. The van der Waals surface area contributed by atoms with Crippen LogP contribution < -0.4 is 0 Å². The summed E-state index contributed by atoms with van der Waals surface area (Å²) in [6.07, 6.45) is 0. The Kier molecular flexibility index (Phi) is 6.25. The zero-order chi connectivity index (χ0) is 30.5. The van der Waals surface area contributed by atoms with Crippen LogP contribution in [0.2, 0.25) is 0 Å². The SMILES string of the molecule is c1ccc2c(c1)-c1ccccc1-c1ccccc1-c1ccccc1-2.c1ccc2cc3cc4cc5ccccc5cc4cc3cc2c1. The van der Waals surface area contributed by atoms with Gasteiger partial charge in [0.15, 0.2) is 0 Å². The fraction of sp³-hybridized carbons (Fsp3) is 0. The molecule has 0 bridgehead atoms. The molecule has 0 unspecified atom stereocenters. The minimum atomic E-state index is 1.30. The fourth-order valence-electron chi connectivity index (χ4n) is 7.20. The van der Waals surface area contributed by atoms with E-state index in [9.17, 15) is 0 Å². The monoisotopic (exact) mass is 582 g/mol. The highest BCUT2D eigenvalue weighted by Gasteiger charge is 2.20. The molecule has 0 atom stereocenters. The lowest BCUT2D eigenvalue weighted by Crippen LogP contribution is -1.96. The zero-order valence-corrected chi connectivity index (χ0v) is 25.3. The molecule has 0 spiro atoms. The lowest BCUT2D eigenvalue weighted by Gasteiger charge is -2.22. The molecule has 9 aromatic rings. The highest BCUT2D eigenvalue weighted by atomic mass is 14.2. The van der Waals surface area contributed by atoms with E-state index < -0.39 is 0 Å². The third kappa shape index (κ3) is 4.47. The van der Waals surface area contributed by atoms with Crippen LogP contribution in [-0.2, 0) is 0 Å². The first kappa shape index (κ1) is 26.4. The van der Waals surface area contributed by atoms with Gasteiger partial charge in [0.25, 0.3) is 0 Å². The van der Waals surface area contributed by atoms with Gasteiger partial charge in [-0.1, -0.05) is 146 Å². The van der Waals surface area contributed by atoms with Gasteiger partial charge in [0, 0.05) is 0 Å². The number of rotatable bonds is 0. The molecule has 0 aromatic heterocycles. The first-order chi connectivity index (χ1) is 22.8. The van der Waals surface area contributed by atoms with E-state index in [1.54, 1.807) is 0 Å². The molecule has 0 aliphatic heterocycles. The standard InChI is InChI=1S/C24H16.C22H14/c1-2-10-18-17(9-1)19-11-3-4-13-21(19)23-15-7-8-16-24(23)22-14-6-5-12-20(18)22;1-2-6-16-10-20-14-22-12-18-8-4-3-7-17(18)11-21(22)13-19(20)9-15(16)5-1/h1-16H;1-14H. The Morgan fingerprint density at radius 2 is 0.304 bits per heavy atom. The first-order valence-electron chi connectivity index (χ1n) is 15.9. The average molecular weight is 583 g/mol. The number of fused-ring (bicyclic) bond motifs is 12. The fourth-order valence-corrected chi connectivity index (χ4v) is 7.20. The van der Waals surface area contributed by atoms with Gasteiger partial charge in [0.05, 0.1) is 0 Å². The molecule has 0 heterocycles. The molecule has 1 aliphatic carbocycles. The van der Waals surface area contributed by atoms with E-state index in [2.05, 4.69) is 182 Å². The van der Waals surface area contributed by atoms with E-state index >= 15 is 0 Å². The van der Waals surface area contributed by atoms with E-state index in [1.165, 1.54) is 87.6 Å². The van der Waals surface area contributed by atoms with Crippen LogP contribution in [-0.4, -0.2) is 0 Å². The van der Waals surface area contributed by atoms with Crippen molar-refractivity contribution in [3.05, 3.63) is 182 Å². The molecule has 0 amide bonds. The van der Waals surface area contributed by atoms with Gasteiger partial charge < -0.3 is 0 Å². The lowest BCUT2D eigenvalue weighted by atomic mass is 9.81. The predicted molar refractivity (Wildman–Crippen MR) is 198 cm³/mol. The van der Waals surface area contributed by atoms with Gasteiger partial charge in [-0.3, -0.25) is 0 Å². The van der Waals surface area contributed by atoms with Gasteiger partial charge in [-0.2, -0.15) is 0 Å². The second-order valence-electron chi connectivity index (χ2n) is 12.1. The molecular weight excluding hydrogens is 553 g/mol. The van der Waals surface area contributed by atoms with E-state index in [0.29, 0.717) is 0 Å². The smallest absolute Gasteiger partial charge is 0.00990 e. The van der Waals surface area contributed by atoms with Crippen molar-refractivity contribution >= 4 is 43.1 Å². The number of hydrogen-bond donors (Lipinski definition) is 0. The highest BCUT2D eigenvalue weighted by Crippen LogP contribution is 2.47. The Morgan fingerprint density at radius 1 is 0.152 bits per heavy atom. The quantitative estimate of drug-likeness (QED) is 0.156. The molecular formula is C46H30. The van der Waals surface area contributed by atoms with Gasteiger partial charge in [0.1, 0.15) is 0 Å². The van der Waals surface area contributed by atoms with Crippen molar-refractivity contribution in [2.75, 3.05) is 0 Å². The summed E-state index contributed by atoms with van der Waals surface area (Å²) in [6.45, 7) is 0. The van der Waals surface area contributed by atoms with Crippen LogP contribution in [0.15, 0.2) is 182 Å². The Morgan fingerprint density at radius 3 is 0.500 bits per heavy atom. The molecule has 10 rings (SSSR count). The minimum Gasteiger partial charge on any atom is -0.0616 e. The maximum absolute atomic E-state index is 2.31. The number of hydrogen-bond acceptors (Lipinski definition) is 0. The molecule has 214 valence electrons. The molecule has 0 nitrogen and oxygen atoms in total. The largest absolute Gasteiger partial charge is 0.0616 e. The zero-order valence-electron chi connectivity index (χ0n) is 25.3. The molecule has 9 aromatic carbocycles. The van der Waals surface area contributed by atoms with Gasteiger partial charge >= 0.3 is 0 Å². The third-order valence-electron chi connectivity index (χ3n) is 9.39. The molecule has 1 aliphatic rings. The van der Waals surface area contributed by atoms with Crippen LogP contribution in [0.4, 0.5) is 0 Å². The summed E-state index contributed by atoms with van der Waals surface area (Å²) in [5.74, 6) is 0. The van der Waals surface area contributed by atoms with Crippen LogP contribution >= 0.6 is 0 Å². The summed E-state index contributed by atoms with van der Waals surface area (Å²) < 4.78 is 0. The summed E-state index contributed by atoms with van der Waals surface area (Å²) in [4.78, 5) is 0. The van der Waals surface area contributed by atoms with Crippen molar-refractivity contribution in [3.8, 4) is 44.5 Å². The Bertz CT molecular complexity index is 2120. The second kappa shape index (κ2) is 10.9. The lowest BCUT2D eigenvalue weighted by molar-refractivity contribution is 1.52. The van der Waals surface area contributed by atoms with Gasteiger partial charge in [-0.15, -0.1) is 0 Å². The van der Waals surface area contributed by atoms with Crippen LogP contribution in [0.5, 0.6) is 0 Å². The van der Waals surface area contributed by atoms with Crippen molar-refractivity contribution in [3.63, 3.8) is 0 Å². The van der Waals surface area contributed by atoms with E-state index in [-0.39, 0.29) is 0 Å². The van der Waals surface area contributed by atoms with Crippen molar-refractivity contribution in [2.24, 2.45) is 0 Å². The molecule has 0 N–H and O–H groups in total. The van der Waals surface area contributed by atoms with E-state index in [4.69, 9.17) is 0 Å². The Labute approximate surface area is 268 Å². The Balaban J connectivity index is 0.000000127. The number of benzene rings is 9. The molecule has 0 saturated heterocycles. The summed E-state index contributed by atoms with van der Waals surface area (Å²) in [6, 6.07) is 65.8. The summed E-state index contributed by atoms with van der Waals surface area (Å²) in [5.41, 5.74) is 10.4. The van der Waals surface area contributed by atoms with Crippen molar-refractivity contribution < 1.29 is 0 Å². The molecule has 0 heteroatoms. The van der Waals surface area contributed by atoms with Crippen LogP contribution in [0.1, 0.15) is 0 Å². The first-order valence-corrected chi connectivity index (χ1v) is 15.9. The molecule has 0 saturated carbocycles. The van der Waals surface area contributed by atoms with Crippen molar-refractivity contribution in [2.45, 2.75) is 0 Å². The van der Waals surface area contributed by atoms with E-state index in [1.807, 2.05) is 0 Å². The average Bonchev–Trinajstić information content (AvgIpc) is 3.12. The van der Waals surface area contributed by atoms with Gasteiger partial charge in [-0.05, 0) is 124 Å². The highest BCUT2D eigenvalue weighted by molar-refractivity contribution is 6.08. The second-order valence-corrected chi connectivity index (χ2v) is 12.1. The minimum absolute atomic E-state index is 1.30. The van der Waals surface area contributed by atoms with Gasteiger partial charge in [0.2, 0.25) is 0 Å². The van der Waals surface area contributed by atoms with Crippen molar-refractivity contribution in [1.82, 2.24) is 0 Å². The maximum Gasteiger partial charge on any atom is -0.00990 e.